The van der Waals surface area contributed by atoms with Gasteiger partial charge < -0.3 is 20.3 Å². The molecule has 0 amide bonds. The number of benzene rings is 1. The molecule has 0 radical (unpaired) electrons. The highest BCUT2D eigenvalue weighted by Gasteiger charge is 2.18. The van der Waals surface area contributed by atoms with Crippen molar-refractivity contribution in [1.29, 1.82) is 0 Å². The topological polar surface area (TPSA) is 108 Å². The Balaban J connectivity index is 0.000000260. The van der Waals surface area contributed by atoms with Gasteiger partial charge in [-0.2, -0.15) is 0 Å². The number of aliphatic imine (C=N–C) groups is 1. The van der Waals surface area contributed by atoms with Crippen molar-refractivity contribution >= 4 is 24.4 Å². The molecule has 1 atom stereocenters. The van der Waals surface area contributed by atoms with Crippen LogP contribution in [0.1, 0.15) is 24.0 Å². The second-order valence-corrected chi connectivity index (χ2v) is 5.89. The molecule has 0 saturated heterocycles. The summed E-state index contributed by atoms with van der Waals surface area (Å²) in [4.78, 5) is 23.5. The average Bonchev–Trinajstić information content (AvgIpc) is 3.13. The summed E-state index contributed by atoms with van der Waals surface area (Å²) in [6.07, 6.45) is 8.55. The second kappa shape index (κ2) is 9.41. The Kier molecular flexibility index (Phi) is 6.96. The number of aliphatic carboxylic acids is 2. The first-order chi connectivity index (χ1) is 12.5. The zero-order valence-corrected chi connectivity index (χ0v) is 14.5. The van der Waals surface area contributed by atoms with E-state index in [1.54, 1.807) is 7.11 Å². The average molecular weight is 358 g/mol. The Morgan fingerprint density at radius 3 is 2.58 bits per heavy atom. The number of nitrogens with zero attached hydrogens (tertiary/aromatic N) is 1. The summed E-state index contributed by atoms with van der Waals surface area (Å²) in [5.41, 5.74) is 4.14. The third-order valence-corrected chi connectivity index (χ3v) is 4.04. The third kappa shape index (κ3) is 5.77. The number of carbonyl (C=O) groups is 2. The highest BCUT2D eigenvalue weighted by Crippen LogP contribution is 2.32. The van der Waals surface area contributed by atoms with Gasteiger partial charge in [-0.25, -0.2) is 9.59 Å². The van der Waals surface area contributed by atoms with Crippen molar-refractivity contribution in [2.75, 3.05) is 13.7 Å². The van der Waals surface area contributed by atoms with E-state index in [2.05, 4.69) is 28.5 Å². The van der Waals surface area contributed by atoms with Crippen LogP contribution in [0.25, 0.3) is 6.08 Å². The number of fused-ring (bicyclic) bond motifs is 1. The number of hydrogen-bond donors (Lipinski definition) is 3. The molecule has 0 bridgehead atoms. The maximum Gasteiger partial charge on any atom is 0.328 e. The third-order valence-electron chi connectivity index (χ3n) is 4.04. The molecule has 3 rings (SSSR count). The van der Waals surface area contributed by atoms with Gasteiger partial charge in [0.05, 0.1) is 19.5 Å². The van der Waals surface area contributed by atoms with Crippen LogP contribution in [0.5, 0.6) is 5.75 Å². The summed E-state index contributed by atoms with van der Waals surface area (Å²) >= 11 is 0. The first kappa shape index (κ1) is 19.2. The van der Waals surface area contributed by atoms with Crippen LogP contribution in [0.2, 0.25) is 0 Å². The Morgan fingerprint density at radius 2 is 2.00 bits per heavy atom. The van der Waals surface area contributed by atoms with Crippen LogP contribution >= 0.6 is 0 Å². The largest absolute Gasteiger partial charge is 0.496 e. The molecule has 0 spiro atoms. The normalized spacial score (nSPS) is 17.6. The summed E-state index contributed by atoms with van der Waals surface area (Å²) in [7, 11) is 1.74. The highest BCUT2D eigenvalue weighted by molar-refractivity contribution is 5.89. The van der Waals surface area contributed by atoms with Crippen molar-refractivity contribution in [2.24, 2.45) is 4.99 Å². The maximum atomic E-state index is 9.55. The Bertz CT molecular complexity index is 736. The molecule has 2 aliphatic rings. The summed E-state index contributed by atoms with van der Waals surface area (Å²) < 4.78 is 5.44. The summed E-state index contributed by atoms with van der Waals surface area (Å²) in [5.74, 6) is -1.53. The van der Waals surface area contributed by atoms with Crippen molar-refractivity contribution in [3.05, 3.63) is 47.1 Å². The van der Waals surface area contributed by atoms with Gasteiger partial charge in [0.2, 0.25) is 0 Å². The molecule has 3 N–H and O–H groups in total. The molecular weight excluding hydrogens is 336 g/mol. The zero-order valence-electron chi connectivity index (χ0n) is 14.5. The number of carboxylic acid groups (broad SMARTS) is 2. The number of methoxy groups -OCH3 is 1. The molecule has 26 heavy (non-hydrogen) atoms. The van der Waals surface area contributed by atoms with Crippen molar-refractivity contribution in [2.45, 2.75) is 25.3 Å². The molecule has 0 fully saturated rings. The molecular formula is C19H22N2O5. The second-order valence-electron chi connectivity index (χ2n) is 5.89. The van der Waals surface area contributed by atoms with E-state index in [1.807, 2.05) is 12.4 Å². The first-order valence-electron chi connectivity index (χ1n) is 8.24. The maximum absolute atomic E-state index is 9.55. The molecule has 1 aromatic carbocycles. The summed E-state index contributed by atoms with van der Waals surface area (Å²) in [6.45, 7) is 0.968. The zero-order chi connectivity index (χ0) is 18.9. The smallest absolute Gasteiger partial charge is 0.328 e. The van der Waals surface area contributed by atoms with Crippen LogP contribution in [0.15, 0.2) is 40.9 Å². The molecule has 1 unspecified atom stereocenters. The Hall–Kier alpha value is -3.09. The Morgan fingerprint density at radius 1 is 1.27 bits per heavy atom. The molecule has 7 nitrogen and oxygen atoms in total. The van der Waals surface area contributed by atoms with Gasteiger partial charge in [0.1, 0.15) is 5.75 Å². The van der Waals surface area contributed by atoms with E-state index in [0.29, 0.717) is 18.2 Å². The molecule has 1 aliphatic carbocycles. The number of rotatable bonds is 5. The van der Waals surface area contributed by atoms with Crippen LogP contribution < -0.4 is 10.1 Å². The molecule has 1 aromatic rings. The number of aryl methyl sites for hydroxylation is 1. The predicted octanol–water partition coefficient (Wildman–Crippen LogP) is 2.13. The SMILES string of the molecule is COc1cccc2c1C=C(CC1CNC=N1)CC2.O=C(O)C=CC(=O)O. The lowest BCUT2D eigenvalue weighted by atomic mass is 9.89. The van der Waals surface area contributed by atoms with Gasteiger partial charge in [0.25, 0.3) is 0 Å². The van der Waals surface area contributed by atoms with Gasteiger partial charge in [-0.1, -0.05) is 23.8 Å². The molecule has 1 aliphatic heterocycles. The fourth-order valence-electron chi connectivity index (χ4n) is 2.85. The molecule has 0 saturated carbocycles. The predicted molar refractivity (Wildman–Crippen MR) is 98.6 cm³/mol. The van der Waals surface area contributed by atoms with Gasteiger partial charge in [-0.05, 0) is 30.9 Å². The van der Waals surface area contributed by atoms with Crippen LogP contribution in [0, 0.1) is 0 Å². The van der Waals surface area contributed by atoms with Crippen molar-refractivity contribution in [1.82, 2.24) is 5.32 Å². The van der Waals surface area contributed by atoms with Gasteiger partial charge >= 0.3 is 11.9 Å². The highest BCUT2D eigenvalue weighted by atomic mass is 16.5. The minimum Gasteiger partial charge on any atom is -0.496 e. The van der Waals surface area contributed by atoms with E-state index in [4.69, 9.17) is 14.9 Å². The van der Waals surface area contributed by atoms with Crippen molar-refractivity contribution in [3.63, 3.8) is 0 Å². The summed E-state index contributed by atoms with van der Waals surface area (Å²) in [6, 6.07) is 6.71. The number of ether oxygens (including phenoxy) is 1. The fourth-order valence-corrected chi connectivity index (χ4v) is 2.85. The van der Waals surface area contributed by atoms with E-state index < -0.39 is 11.9 Å². The standard InChI is InChI=1S/C15H18N2O.C4H4O4/c1-18-15-4-2-3-12-6-5-11(8-14(12)15)7-13-9-16-10-17-13;5-3(6)1-2-4(7)8/h2-4,8,10,13H,5-7,9H2,1H3,(H,16,17);1-2H,(H,5,6)(H,7,8). The first-order valence-corrected chi connectivity index (χ1v) is 8.24. The van der Waals surface area contributed by atoms with Gasteiger partial charge in [-0.15, -0.1) is 0 Å². The lowest BCUT2D eigenvalue weighted by Gasteiger charge is -2.19. The lowest BCUT2D eigenvalue weighted by Crippen LogP contribution is -2.16. The number of hydrogen-bond acceptors (Lipinski definition) is 5. The number of carboxylic acids is 2. The summed E-state index contributed by atoms with van der Waals surface area (Å²) in [5, 5.41) is 18.8. The van der Waals surface area contributed by atoms with Crippen LogP contribution in [-0.4, -0.2) is 48.2 Å². The monoisotopic (exact) mass is 358 g/mol. The van der Waals surface area contributed by atoms with E-state index in [0.717, 1.165) is 31.6 Å². The quantitative estimate of drug-likeness (QED) is 0.696. The van der Waals surface area contributed by atoms with E-state index in [9.17, 15) is 9.59 Å². The van der Waals surface area contributed by atoms with Crippen LogP contribution in [-0.2, 0) is 16.0 Å². The molecule has 138 valence electrons. The van der Waals surface area contributed by atoms with Crippen molar-refractivity contribution in [3.8, 4) is 5.75 Å². The van der Waals surface area contributed by atoms with Gasteiger partial charge in [-0.3, -0.25) is 4.99 Å². The van der Waals surface area contributed by atoms with Crippen LogP contribution in [0.4, 0.5) is 0 Å². The minimum absolute atomic E-state index is 0.410. The van der Waals surface area contributed by atoms with Crippen molar-refractivity contribution < 1.29 is 24.5 Å². The Labute approximate surface area is 151 Å². The molecule has 0 aromatic heterocycles. The van der Waals surface area contributed by atoms with E-state index in [-0.39, 0.29) is 0 Å². The van der Waals surface area contributed by atoms with Gasteiger partial charge in [0.15, 0.2) is 0 Å². The fraction of sp³-hybridized carbons (Fsp3) is 0.316. The van der Waals surface area contributed by atoms with E-state index in [1.165, 1.54) is 16.7 Å². The molecule has 1 heterocycles. The van der Waals surface area contributed by atoms with Gasteiger partial charge in [0, 0.05) is 24.3 Å². The van der Waals surface area contributed by atoms with E-state index >= 15 is 0 Å². The lowest BCUT2D eigenvalue weighted by molar-refractivity contribution is -0.134. The number of nitrogens with one attached hydrogen (secondary N) is 1. The minimum atomic E-state index is -1.26. The van der Waals surface area contributed by atoms with Crippen LogP contribution in [0.3, 0.4) is 0 Å². The molecule has 7 heteroatoms.